The quantitative estimate of drug-likeness (QED) is 0.898. The third-order valence-corrected chi connectivity index (χ3v) is 2.62. The molecule has 2 aromatic carbocycles. The van der Waals surface area contributed by atoms with E-state index in [4.69, 9.17) is 4.74 Å². The molecular weight excluding hydrogens is 250 g/mol. The maximum Gasteiger partial charge on any atom is 0.217 e. The Kier molecular flexibility index (Phi) is 4.95. The van der Waals surface area contributed by atoms with Crippen molar-refractivity contribution in [2.75, 3.05) is 6.54 Å². The zero-order valence-corrected chi connectivity index (χ0v) is 11.4. The van der Waals surface area contributed by atoms with Crippen molar-refractivity contribution in [2.24, 2.45) is 0 Å². The van der Waals surface area contributed by atoms with E-state index in [2.05, 4.69) is 5.32 Å². The van der Waals surface area contributed by atoms with Gasteiger partial charge in [0.15, 0.2) is 0 Å². The lowest BCUT2D eigenvalue weighted by molar-refractivity contribution is -0.118. The largest absolute Gasteiger partial charge is 0.457 e. The lowest BCUT2D eigenvalue weighted by Gasteiger charge is -2.05. The van der Waals surface area contributed by atoms with E-state index in [1.54, 1.807) is 0 Å². The Hall–Kier alpha value is -2.55. The molecule has 0 heterocycles. The molecule has 0 fully saturated rings. The van der Waals surface area contributed by atoms with Gasteiger partial charge in [-0.25, -0.2) is 0 Å². The van der Waals surface area contributed by atoms with Gasteiger partial charge in [0.25, 0.3) is 0 Å². The summed E-state index contributed by atoms with van der Waals surface area (Å²) in [6.07, 6.45) is 3.86. The summed E-state index contributed by atoms with van der Waals surface area (Å²) in [6, 6.07) is 17.5. The van der Waals surface area contributed by atoms with E-state index < -0.39 is 0 Å². The Morgan fingerprint density at radius 2 is 1.85 bits per heavy atom. The minimum absolute atomic E-state index is 0.0317. The lowest BCUT2D eigenvalue weighted by Crippen LogP contribution is -2.19. The highest BCUT2D eigenvalue weighted by Crippen LogP contribution is 2.22. The molecule has 3 nitrogen and oxygen atoms in total. The molecule has 0 aliphatic carbocycles. The maximum atomic E-state index is 10.7. The van der Waals surface area contributed by atoms with Crippen molar-refractivity contribution in [3.8, 4) is 11.5 Å². The molecular formula is C17H17NO2. The number of ether oxygens (including phenoxy) is 1. The van der Waals surface area contributed by atoms with Gasteiger partial charge in [-0.3, -0.25) is 4.79 Å². The fourth-order valence-electron chi connectivity index (χ4n) is 1.70. The fourth-order valence-corrected chi connectivity index (χ4v) is 1.70. The number of rotatable bonds is 5. The van der Waals surface area contributed by atoms with Crippen molar-refractivity contribution >= 4 is 12.0 Å². The average molecular weight is 267 g/mol. The second-order valence-electron chi connectivity index (χ2n) is 4.33. The summed E-state index contributed by atoms with van der Waals surface area (Å²) in [5, 5.41) is 2.71. The Bertz CT molecular complexity index is 591. The van der Waals surface area contributed by atoms with Crippen LogP contribution in [-0.2, 0) is 4.79 Å². The first-order valence-electron chi connectivity index (χ1n) is 6.48. The predicted molar refractivity (Wildman–Crippen MR) is 80.7 cm³/mol. The number of hydrogen-bond donors (Lipinski definition) is 1. The topological polar surface area (TPSA) is 38.3 Å². The molecule has 0 unspecified atom stereocenters. The van der Waals surface area contributed by atoms with Crippen LogP contribution in [0.1, 0.15) is 12.5 Å². The summed E-state index contributed by atoms with van der Waals surface area (Å²) in [5.74, 6) is 1.57. The van der Waals surface area contributed by atoms with Gasteiger partial charge in [-0.05, 0) is 29.8 Å². The molecule has 0 bridgehead atoms. The van der Waals surface area contributed by atoms with Gasteiger partial charge in [-0.15, -0.1) is 0 Å². The van der Waals surface area contributed by atoms with E-state index >= 15 is 0 Å². The molecule has 0 aliphatic rings. The second kappa shape index (κ2) is 7.14. The maximum absolute atomic E-state index is 10.7. The summed E-state index contributed by atoms with van der Waals surface area (Å²) in [6.45, 7) is 2.03. The van der Waals surface area contributed by atoms with E-state index in [9.17, 15) is 4.79 Å². The van der Waals surface area contributed by atoms with Crippen LogP contribution in [0.3, 0.4) is 0 Å². The number of carbonyl (C=O) groups excluding carboxylic acids is 1. The molecule has 0 aromatic heterocycles. The standard InChI is InChI=1S/C17H17NO2/c1-14(19)18-12-6-8-15-7-5-11-17(13-15)20-16-9-3-2-4-10-16/h2-11,13H,12H2,1H3,(H,18,19). The Morgan fingerprint density at radius 3 is 2.60 bits per heavy atom. The molecule has 2 aromatic rings. The summed E-state index contributed by atoms with van der Waals surface area (Å²) < 4.78 is 5.76. The molecule has 0 saturated carbocycles. The van der Waals surface area contributed by atoms with Crippen molar-refractivity contribution in [3.05, 3.63) is 66.2 Å². The zero-order chi connectivity index (χ0) is 14.2. The average Bonchev–Trinajstić information content (AvgIpc) is 2.45. The normalized spacial score (nSPS) is 10.4. The van der Waals surface area contributed by atoms with Gasteiger partial charge in [0, 0.05) is 13.5 Å². The van der Waals surface area contributed by atoms with Crippen LogP contribution in [0, 0.1) is 0 Å². The summed E-state index contributed by atoms with van der Waals surface area (Å²) in [5.41, 5.74) is 1.03. The number of para-hydroxylation sites is 1. The molecule has 20 heavy (non-hydrogen) atoms. The molecule has 3 heteroatoms. The second-order valence-corrected chi connectivity index (χ2v) is 4.33. The smallest absolute Gasteiger partial charge is 0.217 e. The summed E-state index contributed by atoms with van der Waals surface area (Å²) >= 11 is 0. The van der Waals surface area contributed by atoms with E-state index in [1.165, 1.54) is 6.92 Å². The van der Waals surface area contributed by atoms with Gasteiger partial charge < -0.3 is 10.1 Å². The highest BCUT2D eigenvalue weighted by Gasteiger charge is 1.96. The van der Waals surface area contributed by atoms with Crippen molar-refractivity contribution < 1.29 is 9.53 Å². The van der Waals surface area contributed by atoms with Crippen LogP contribution in [0.4, 0.5) is 0 Å². The van der Waals surface area contributed by atoms with Crippen molar-refractivity contribution in [3.63, 3.8) is 0 Å². The van der Waals surface area contributed by atoms with Gasteiger partial charge in [0.2, 0.25) is 5.91 Å². The third-order valence-electron chi connectivity index (χ3n) is 2.62. The summed E-state index contributed by atoms with van der Waals surface area (Å²) in [4.78, 5) is 10.7. The molecule has 0 radical (unpaired) electrons. The molecule has 0 aliphatic heterocycles. The number of hydrogen-bond acceptors (Lipinski definition) is 2. The van der Waals surface area contributed by atoms with Crippen molar-refractivity contribution in [2.45, 2.75) is 6.92 Å². The van der Waals surface area contributed by atoms with Crippen LogP contribution in [0.15, 0.2) is 60.7 Å². The molecule has 0 spiro atoms. The number of benzene rings is 2. The van der Waals surface area contributed by atoms with Crippen LogP contribution >= 0.6 is 0 Å². The minimum atomic E-state index is -0.0317. The van der Waals surface area contributed by atoms with Crippen molar-refractivity contribution in [1.82, 2.24) is 5.32 Å². The van der Waals surface area contributed by atoms with Crippen LogP contribution < -0.4 is 10.1 Å². The van der Waals surface area contributed by atoms with E-state index in [1.807, 2.05) is 66.7 Å². The number of carbonyl (C=O) groups is 1. The fraction of sp³-hybridized carbons (Fsp3) is 0.118. The van der Waals surface area contributed by atoms with Crippen LogP contribution in [0.25, 0.3) is 6.08 Å². The Morgan fingerprint density at radius 1 is 1.10 bits per heavy atom. The zero-order valence-electron chi connectivity index (χ0n) is 11.4. The number of nitrogens with one attached hydrogen (secondary N) is 1. The van der Waals surface area contributed by atoms with Crippen LogP contribution in [0.5, 0.6) is 11.5 Å². The van der Waals surface area contributed by atoms with Gasteiger partial charge >= 0.3 is 0 Å². The molecule has 2 rings (SSSR count). The molecule has 1 amide bonds. The van der Waals surface area contributed by atoms with Crippen LogP contribution in [-0.4, -0.2) is 12.5 Å². The van der Waals surface area contributed by atoms with Crippen LogP contribution in [0.2, 0.25) is 0 Å². The van der Waals surface area contributed by atoms with Gasteiger partial charge in [-0.1, -0.05) is 42.5 Å². The van der Waals surface area contributed by atoms with Gasteiger partial charge in [-0.2, -0.15) is 0 Å². The van der Waals surface area contributed by atoms with Crippen molar-refractivity contribution in [1.29, 1.82) is 0 Å². The first-order chi connectivity index (χ1) is 9.74. The molecule has 1 N–H and O–H groups in total. The third kappa shape index (κ3) is 4.61. The highest BCUT2D eigenvalue weighted by molar-refractivity contribution is 5.73. The highest BCUT2D eigenvalue weighted by atomic mass is 16.5. The first-order valence-corrected chi connectivity index (χ1v) is 6.48. The Labute approximate surface area is 118 Å². The molecule has 0 saturated heterocycles. The van der Waals surface area contributed by atoms with Gasteiger partial charge in [0.05, 0.1) is 0 Å². The first kappa shape index (κ1) is 13.9. The van der Waals surface area contributed by atoms with Gasteiger partial charge in [0.1, 0.15) is 11.5 Å². The SMILES string of the molecule is CC(=O)NCC=Cc1cccc(Oc2ccccc2)c1. The lowest BCUT2D eigenvalue weighted by atomic mass is 10.2. The predicted octanol–water partition coefficient (Wildman–Crippen LogP) is 3.63. The minimum Gasteiger partial charge on any atom is -0.457 e. The summed E-state index contributed by atoms with van der Waals surface area (Å²) in [7, 11) is 0. The Balaban J connectivity index is 1.99. The van der Waals surface area contributed by atoms with E-state index in [-0.39, 0.29) is 5.91 Å². The molecule has 0 atom stereocenters. The monoisotopic (exact) mass is 267 g/mol. The number of amides is 1. The van der Waals surface area contributed by atoms with E-state index in [0.29, 0.717) is 6.54 Å². The van der Waals surface area contributed by atoms with E-state index in [0.717, 1.165) is 17.1 Å². The molecule has 102 valence electrons.